The number of aryl methyl sites for hydroxylation is 1. The van der Waals surface area contributed by atoms with Gasteiger partial charge in [0, 0.05) is 17.2 Å². The number of phenolic OH excluding ortho intramolecular Hbond substituents is 3. The molecule has 0 heterocycles. The molecule has 0 aliphatic carbocycles. The molecule has 0 radical (unpaired) electrons. The molecular formula is C29H24O3. The topological polar surface area (TPSA) is 60.7 Å². The summed E-state index contributed by atoms with van der Waals surface area (Å²) in [6.07, 6.45) is 1.15. The predicted octanol–water partition coefficient (Wildman–Crippen LogP) is 6.60. The van der Waals surface area contributed by atoms with E-state index < -0.39 is 0 Å². The molecule has 3 heteroatoms. The first kappa shape index (κ1) is 20.0. The van der Waals surface area contributed by atoms with E-state index in [-0.39, 0.29) is 17.2 Å². The molecule has 0 amide bonds. The molecule has 0 atom stereocenters. The maximum Gasteiger partial charge on any atom is 0.123 e. The van der Waals surface area contributed by atoms with Crippen LogP contribution in [0.25, 0.3) is 21.5 Å². The van der Waals surface area contributed by atoms with Crippen molar-refractivity contribution in [2.45, 2.75) is 19.8 Å². The summed E-state index contributed by atoms with van der Waals surface area (Å²) in [5.74, 6) is 0.762. The molecule has 3 nitrogen and oxygen atoms in total. The molecule has 5 rings (SSSR count). The molecule has 0 aliphatic rings. The van der Waals surface area contributed by atoms with Gasteiger partial charge in [-0.2, -0.15) is 0 Å². The van der Waals surface area contributed by atoms with E-state index in [4.69, 9.17) is 0 Å². The summed E-state index contributed by atoms with van der Waals surface area (Å²) in [5.41, 5.74) is 4.86. The fourth-order valence-electron chi connectivity index (χ4n) is 4.48. The van der Waals surface area contributed by atoms with Crippen LogP contribution in [0.15, 0.2) is 84.9 Å². The van der Waals surface area contributed by atoms with Crippen LogP contribution in [-0.4, -0.2) is 15.3 Å². The van der Waals surface area contributed by atoms with Gasteiger partial charge in [0.15, 0.2) is 0 Å². The first-order chi connectivity index (χ1) is 15.5. The summed E-state index contributed by atoms with van der Waals surface area (Å²) in [6.45, 7) is 2.04. The molecule has 0 aliphatic heterocycles. The van der Waals surface area contributed by atoms with E-state index in [2.05, 4.69) is 12.1 Å². The van der Waals surface area contributed by atoms with Gasteiger partial charge in [-0.15, -0.1) is 0 Å². The van der Waals surface area contributed by atoms with Crippen molar-refractivity contribution in [1.82, 2.24) is 0 Å². The second-order valence-corrected chi connectivity index (χ2v) is 8.43. The van der Waals surface area contributed by atoms with Crippen LogP contribution < -0.4 is 0 Å². The average Bonchev–Trinajstić information content (AvgIpc) is 2.77. The Labute approximate surface area is 186 Å². The Bertz CT molecular complexity index is 1350. The smallest absolute Gasteiger partial charge is 0.123 e. The first-order valence-corrected chi connectivity index (χ1v) is 10.7. The second-order valence-electron chi connectivity index (χ2n) is 8.43. The maximum absolute atomic E-state index is 10.8. The van der Waals surface area contributed by atoms with E-state index in [0.29, 0.717) is 12.8 Å². The standard InChI is InChI=1S/C29H24O3/c1-18-10-24(14-20-12-22-7-3-5-9-26(22)29(32)16-20)27(30)17-23(18)13-19-11-21-6-2-4-8-25(21)28(31)15-19/h2-12,15-17,30-32H,13-14H2,1H3. The first-order valence-electron chi connectivity index (χ1n) is 10.7. The van der Waals surface area contributed by atoms with Gasteiger partial charge in [-0.25, -0.2) is 0 Å². The molecular weight excluding hydrogens is 396 g/mol. The number of aromatic hydroxyl groups is 3. The van der Waals surface area contributed by atoms with Gasteiger partial charge >= 0.3 is 0 Å². The molecule has 158 valence electrons. The zero-order chi connectivity index (χ0) is 22.2. The van der Waals surface area contributed by atoms with Crippen LogP contribution in [0.2, 0.25) is 0 Å². The van der Waals surface area contributed by atoms with E-state index in [1.54, 1.807) is 12.1 Å². The van der Waals surface area contributed by atoms with Crippen LogP contribution in [0.1, 0.15) is 27.8 Å². The molecule has 3 N–H and O–H groups in total. The summed E-state index contributed by atoms with van der Waals surface area (Å²) < 4.78 is 0. The molecule has 0 unspecified atom stereocenters. The van der Waals surface area contributed by atoms with Crippen LogP contribution in [-0.2, 0) is 12.8 Å². The Morgan fingerprint density at radius 1 is 0.531 bits per heavy atom. The fraction of sp³-hybridized carbons (Fsp3) is 0.103. The quantitative estimate of drug-likeness (QED) is 0.307. The highest BCUT2D eigenvalue weighted by Crippen LogP contribution is 2.32. The molecule has 32 heavy (non-hydrogen) atoms. The van der Waals surface area contributed by atoms with Crippen molar-refractivity contribution in [2.75, 3.05) is 0 Å². The number of rotatable bonds is 4. The Morgan fingerprint density at radius 2 is 1.03 bits per heavy atom. The molecule has 5 aromatic carbocycles. The molecule has 0 saturated carbocycles. The third-order valence-corrected chi connectivity index (χ3v) is 6.13. The largest absolute Gasteiger partial charge is 0.508 e. The van der Waals surface area contributed by atoms with Crippen LogP contribution in [0.3, 0.4) is 0 Å². The number of hydrogen-bond acceptors (Lipinski definition) is 3. The normalized spacial score (nSPS) is 11.3. The zero-order valence-corrected chi connectivity index (χ0v) is 17.8. The van der Waals surface area contributed by atoms with E-state index in [1.165, 1.54) is 0 Å². The predicted molar refractivity (Wildman–Crippen MR) is 130 cm³/mol. The van der Waals surface area contributed by atoms with Gasteiger partial charge in [-0.1, -0.05) is 66.7 Å². The molecule has 0 aromatic heterocycles. The highest BCUT2D eigenvalue weighted by Gasteiger charge is 2.11. The van der Waals surface area contributed by atoms with Crippen molar-refractivity contribution in [3.63, 3.8) is 0 Å². The summed E-state index contributed by atoms with van der Waals surface area (Å²) in [5, 5.41) is 35.2. The molecule has 0 fully saturated rings. The van der Waals surface area contributed by atoms with Gasteiger partial charge in [0.05, 0.1) is 0 Å². The Balaban J connectivity index is 1.45. The molecule has 0 saturated heterocycles. The number of hydrogen-bond donors (Lipinski definition) is 3. The Morgan fingerprint density at radius 3 is 1.59 bits per heavy atom. The van der Waals surface area contributed by atoms with Crippen molar-refractivity contribution in [1.29, 1.82) is 0 Å². The molecule has 5 aromatic rings. The summed E-state index contributed by atoms with van der Waals surface area (Å²) in [6, 6.07) is 27.0. The van der Waals surface area contributed by atoms with E-state index in [1.807, 2.05) is 67.6 Å². The summed E-state index contributed by atoms with van der Waals surface area (Å²) >= 11 is 0. The summed E-state index contributed by atoms with van der Waals surface area (Å²) in [4.78, 5) is 0. The lowest BCUT2D eigenvalue weighted by molar-refractivity contribution is 0.468. The van der Waals surface area contributed by atoms with Crippen LogP contribution >= 0.6 is 0 Å². The molecule has 0 spiro atoms. The van der Waals surface area contributed by atoms with Crippen molar-refractivity contribution < 1.29 is 15.3 Å². The van der Waals surface area contributed by atoms with Crippen LogP contribution in [0.5, 0.6) is 17.2 Å². The number of benzene rings is 5. The molecule has 0 bridgehead atoms. The Hall–Kier alpha value is -3.98. The maximum atomic E-state index is 10.8. The minimum absolute atomic E-state index is 0.239. The Kier molecular flexibility index (Phi) is 4.95. The lowest BCUT2D eigenvalue weighted by Crippen LogP contribution is -1.97. The lowest BCUT2D eigenvalue weighted by atomic mass is 9.93. The van der Waals surface area contributed by atoms with Crippen molar-refractivity contribution in [3.05, 3.63) is 113 Å². The van der Waals surface area contributed by atoms with Gasteiger partial charge in [0.2, 0.25) is 0 Å². The summed E-state index contributed by atoms with van der Waals surface area (Å²) in [7, 11) is 0. The van der Waals surface area contributed by atoms with Gasteiger partial charge in [-0.05, 0) is 70.1 Å². The number of fused-ring (bicyclic) bond motifs is 2. The average molecular weight is 421 g/mol. The lowest BCUT2D eigenvalue weighted by Gasteiger charge is -2.13. The third-order valence-electron chi connectivity index (χ3n) is 6.13. The minimum atomic E-state index is 0.239. The zero-order valence-electron chi connectivity index (χ0n) is 17.8. The van der Waals surface area contributed by atoms with Crippen molar-refractivity contribution in [2.24, 2.45) is 0 Å². The third kappa shape index (κ3) is 3.74. The van der Waals surface area contributed by atoms with Gasteiger partial charge in [0.25, 0.3) is 0 Å². The van der Waals surface area contributed by atoms with Gasteiger partial charge in [0.1, 0.15) is 17.2 Å². The highest BCUT2D eigenvalue weighted by molar-refractivity contribution is 5.89. The fourth-order valence-corrected chi connectivity index (χ4v) is 4.48. The highest BCUT2D eigenvalue weighted by atomic mass is 16.3. The second kappa shape index (κ2) is 7.93. The van der Waals surface area contributed by atoms with Gasteiger partial charge < -0.3 is 15.3 Å². The minimum Gasteiger partial charge on any atom is -0.508 e. The number of phenols is 3. The van der Waals surface area contributed by atoms with Crippen LogP contribution in [0.4, 0.5) is 0 Å². The SMILES string of the molecule is Cc1cc(Cc2cc(O)c3ccccc3c2)c(O)cc1Cc1cc(O)c2ccccc2c1. The van der Waals surface area contributed by atoms with E-state index >= 15 is 0 Å². The van der Waals surface area contributed by atoms with Crippen LogP contribution in [0, 0.1) is 6.92 Å². The van der Waals surface area contributed by atoms with E-state index in [0.717, 1.165) is 49.4 Å². The van der Waals surface area contributed by atoms with Crippen molar-refractivity contribution in [3.8, 4) is 17.2 Å². The van der Waals surface area contributed by atoms with Gasteiger partial charge in [-0.3, -0.25) is 0 Å². The monoisotopic (exact) mass is 420 g/mol. The van der Waals surface area contributed by atoms with Crippen molar-refractivity contribution >= 4 is 21.5 Å². The van der Waals surface area contributed by atoms with E-state index in [9.17, 15) is 15.3 Å².